The van der Waals surface area contributed by atoms with E-state index in [4.69, 9.17) is 21.3 Å². The fourth-order valence-corrected chi connectivity index (χ4v) is 5.95. The van der Waals surface area contributed by atoms with Gasteiger partial charge in [-0.2, -0.15) is 22.7 Å². The zero-order valence-corrected chi connectivity index (χ0v) is 21.8. The lowest BCUT2D eigenvalue weighted by molar-refractivity contribution is -0.137. The molecule has 3 fully saturated rings. The molecule has 0 radical (unpaired) electrons. The largest absolute Gasteiger partial charge is 0.416 e. The number of aromatic nitrogens is 4. The van der Waals surface area contributed by atoms with Crippen LogP contribution in [-0.4, -0.2) is 64.5 Å². The van der Waals surface area contributed by atoms with Crippen LogP contribution in [0.25, 0.3) is 5.78 Å². The van der Waals surface area contributed by atoms with E-state index in [1.54, 1.807) is 4.57 Å². The standard InChI is InChI=1S/C25H27ClF3N7O3/c1-2-18-21(34-7-5-30-6-8-34)23(38)36-24(32-22(33-36)20-14-11-39-12-15(14)20)35(18)10-19(37)31-17-4-3-13(9-16(17)26)25(27,28)29/h3-4,9,14-15,20,30H,2,5-8,10-12H2,1H3,(H,31,37). The Hall–Kier alpha value is -3.16. The van der Waals surface area contributed by atoms with Crippen molar-refractivity contribution in [2.75, 3.05) is 49.6 Å². The molecule has 10 nitrogen and oxygen atoms in total. The molecule has 2 saturated heterocycles. The van der Waals surface area contributed by atoms with Gasteiger partial charge >= 0.3 is 6.18 Å². The Morgan fingerprint density at radius 3 is 2.59 bits per heavy atom. The Balaban J connectivity index is 1.38. The third-order valence-electron chi connectivity index (χ3n) is 7.73. The maximum absolute atomic E-state index is 13.7. The summed E-state index contributed by atoms with van der Waals surface area (Å²) in [4.78, 5) is 33.7. The fourth-order valence-electron chi connectivity index (χ4n) is 5.72. The molecule has 6 rings (SSSR count). The quantitative estimate of drug-likeness (QED) is 0.473. The van der Waals surface area contributed by atoms with Crippen molar-refractivity contribution < 1.29 is 22.7 Å². The van der Waals surface area contributed by atoms with Crippen molar-refractivity contribution in [3.63, 3.8) is 0 Å². The van der Waals surface area contributed by atoms with Crippen LogP contribution in [0.15, 0.2) is 23.0 Å². The minimum absolute atomic E-state index is 0.0556. The Labute approximate surface area is 226 Å². The van der Waals surface area contributed by atoms with E-state index in [1.165, 1.54) is 4.52 Å². The highest BCUT2D eigenvalue weighted by Gasteiger charge is 2.57. The molecule has 1 aromatic carbocycles. The molecule has 3 aromatic rings. The van der Waals surface area contributed by atoms with Crippen molar-refractivity contribution in [2.45, 2.75) is 32.0 Å². The van der Waals surface area contributed by atoms with Gasteiger partial charge in [0.05, 0.1) is 35.2 Å². The maximum atomic E-state index is 13.7. The number of piperazine rings is 1. The molecule has 2 N–H and O–H groups in total. The van der Waals surface area contributed by atoms with E-state index in [-0.39, 0.29) is 34.5 Å². The number of alkyl halides is 3. The lowest BCUT2D eigenvalue weighted by Gasteiger charge is -2.31. The Kier molecular flexibility index (Phi) is 6.55. The third-order valence-corrected chi connectivity index (χ3v) is 8.05. The van der Waals surface area contributed by atoms with Gasteiger partial charge in [0.2, 0.25) is 11.7 Å². The number of hydrogen-bond donors (Lipinski definition) is 2. The number of ether oxygens (including phenoxy) is 1. The predicted octanol–water partition coefficient (Wildman–Crippen LogP) is 2.53. The first kappa shape index (κ1) is 26.1. The molecule has 1 aliphatic carbocycles. The molecule has 0 spiro atoms. The molecule has 0 bridgehead atoms. The van der Waals surface area contributed by atoms with Crippen LogP contribution in [0.2, 0.25) is 5.02 Å². The summed E-state index contributed by atoms with van der Waals surface area (Å²) in [6.07, 6.45) is -4.11. The summed E-state index contributed by atoms with van der Waals surface area (Å²) >= 11 is 6.06. The second kappa shape index (κ2) is 9.79. The maximum Gasteiger partial charge on any atom is 0.416 e. The number of carbonyl (C=O) groups excluding carboxylic acids is 1. The highest BCUT2D eigenvalue weighted by molar-refractivity contribution is 6.33. The van der Waals surface area contributed by atoms with Gasteiger partial charge < -0.3 is 24.8 Å². The number of hydrogen-bond acceptors (Lipinski definition) is 7. The van der Waals surface area contributed by atoms with Gasteiger partial charge in [0.25, 0.3) is 5.56 Å². The minimum Gasteiger partial charge on any atom is -0.381 e. The topological polar surface area (TPSA) is 106 Å². The average molecular weight is 566 g/mol. The Morgan fingerprint density at radius 2 is 1.95 bits per heavy atom. The van der Waals surface area contributed by atoms with E-state index < -0.39 is 17.6 Å². The summed E-state index contributed by atoms with van der Waals surface area (Å²) in [6.45, 7) is 5.60. The van der Waals surface area contributed by atoms with Gasteiger partial charge in [-0.1, -0.05) is 18.5 Å². The van der Waals surface area contributed by atoms with Crippen molar-refractivity contribution in [3.05, 3.63) is 50.7 Å². The average Bonchev–Trinajstić information content (AvgIpc) is 3.22. The third kappa shape index (κ3) is 4.66. The lowest BCUT2D eigenvalue weighted by atomic mass is 10.2. The summed E-state index contributed by atoms with van der Waals surface area (Å²) in [5, 5.41) is 10.3. The van der Waals surface area contributed by atoms with E-state index >= 15 is 0 Å². The highest BCUT2D eigenvalue weighted by Crippen LogP contribution is 2.56. The second-order valence-corrected chi connectivity index (χ2v) is 10.5. The zero-order valence-electron chi connectivity index (χ0n) is 21.1. The van der Waals surface area contributed by atoms with Gasteiger partial charge in [-0.25, -0.2) is 0 Å². The van der Waals surface area contributed by atoms with Crippen LogP contribution in [0.3, 0.4) is 0 Å². The van der Waals surface area contributed by atoms with Gasteiger partial charge in [0, 0.05) is 32.1 Å². The van der Waals surface area contributed by atoms with Crippen molar-refractivity contribution in [1.82, 2.24) is 24.5 Å². The molecule has 1 amide bonds. The predicted molar refractivity (Wildman–Crippen MR) is 137 cm³/mol. The number of fused-ring (bicyclic) bond motifs is 2. The number of benzene rings is 1. The van der Waals surface area contributed by atoms with Crippen LogP contribution in [0, 0.1) is 11.8 Å². The zero-order chi connectivity index (χ0) is 27.5. The van der Waals surface area contributed by atoms with E-state index in [2.05, 4.69) is 15.7 Å². The van der Waals surface area contributed by atoms with Crippen molar-refractivity contribution >= 4 is 34.7 Å². The van der Waals surface area contributed by atoms with Crippen molar-refractivity contribution in [2.24, 2.45) is 11.8 Å². The van der Waals surface area contributed by atoms with E-state index in [0.717, 1.165) is 18.2 Å². The molecule has 208 valence electrons. The number of carbonyl (C=O) groups is 1. The summed E-state index contributed by atoms with van der Waals surface area (Å²) < 4.78 is 47.6. The molecule has 2 aromatic heterocycles. The molecule has 2 unspecified atom stereocenters. The van der Waals surface area contributed by atoms with Crippen LogP contribution in [-0.2, 0) is 28.7 Å². The number of nitrogens with one attached hydrogen (secondary N) is 2. The smallest absolute Gasteiger partial charge is 0.381 e. The van der Waals surface area contributed by atoms with Gasteiger partial charge in [-0.3, -0.25) is 9.59 Å². The van der Waals surface area contributed by atoms with Gasteiger partial charge in [-0.05, 0) is 36.5 Å². The van der Waals surface area contributed by atoms with Gasteiger partial charge in [0.15, 0.2) is 5.82 Å². The molecule has 2 aliphatic heterocycles. The molecule has 4 heterocycles. The fraction of sp³-hybridized carbons (Fsp3) is 0.520. The van der Waals surface area contributed by atoms with Gasteiger partial charge in [-0.15, -0.1) is 5.10 Å². The molecular formula is C25H27ClF3N7O3. The first-order valence-electron chi connectivity index (χ1n) is 12.9. The second-order valence-electron chi connectivity index (χ2n) is 10.1. The van der Waals surface area contributed by atoms with Crippen molar-refractivity contribution in [3.8, 4) is 0 Å². The van der Waals surface area contributed by atoms with E-state index in [0.29, 0.717) is 74.9 Å². The number of amides is 1. The summed E-state index contributed by atoms with van der Waals surface area (Å²) in [7, 11) is 0. The van der Waals surface area contributed by atoms with Crippen molar-refractivity contribution in [1.29, 1.82) is 0 Å². The summed E-state index contributed by atoms with van der Waals surface area (Å²) in [5.74, 6) is 1.06. The molecule has 14 heteroatoms. The first-order valence-corrected chi connectivity index (χ1v) is 13.3. The monoisotopic (exact) mass is 565 g/mol. The molecular weight excluding hydrogens is 539 g/mol. The molecule has 39 heavy (non-hydrogen) atoms. The molecule has 3 aliphatic rings. The Morgan fingerprint density at radius 1 is 1.23 bits per heavy atom. The summed E-state index contributed by atoms with van der Waals surface area (Å²) in [5.41, 5.74) is -0.0242. The van der Waals surface area contributed by atoms with Crippen LogP contribution in [0.4, 0.5) is 24.5 Å². The van der Waals surface area contributed by atoms with E-state index in [1.807, 2.05) is 11.8 Å². The molecule has 1 saturated carbocycles. The van der Waals surface area contributed by atoms with E-state index in [9.17, 15) is 22.8 Å². The Bertz CT molecular complexity index is 1490. The number of halogens is 4. The SMILES string of the molecule is CCc1c(N2CCNCC2)c(=O)n2nc(C3C4COCC43)nc2n1CC(=O)Nc1ccc(C(F)(F)F)cc1Cl. The van der Waals surface area contributed by atoms with Crippen LogP contribution in [0.1, 0.15) is 29.9 Å². The van der Waals surface area contributed by atoms with Crippen LogP contribution >= 0.6 is 11.6 Å². The van der Waals surface area contributed by atoms with Crippen LogP contribution < -0.4 is 21.1 Å². The first-order chi connectivity index (χ1) is 18.7. The number of anilines is 2. The number of nitrogens with zero attached hydrogens (tertiary/aromatic N) is 5. The molecule has 2 atom stereocenters. The number of rotatable bonds is 6. The highest BCUT2D eigenvalue weighted by atomic mass is 35.5. The van der Waals surface area contributed by atoms with Crippen LogP contribution in [0.5, 0.6) is 0 Å². The minimum atomic E-state index is -4.55. The van der Waals surface area contributed by atoms with Gasteiger partial charge in [0.1, 0.15) is 12.2 Å². The normalized spacial score (nSPS) is 22.8. The lowest BCUT2D eigenvalue weighted by Crippen LogP contribution is -2.47. The summed E-state index contributed by atoms with van der Waals surface area (Å²) in [6, 6.07) is 2.76.